The van der Waals surface area contributed by atoms with Gasteiger partial charge < -0.3 is 5.73 Å². The molecule has 0 aliphatic heterocycles. The Hall–Kier alpha value is -0.490. The van der Waals surface area contributed by atoms with Crippen LogP contribution in [0.15, 0.2) is 10.7 Å². The lowest BCUT2D eigenvalue weighted by Crippen LogP contribution is -2.19. The molecule has 6 heteroatoms. The molecule has 0 aliphatic rings. The molecule has 1 aromatic heterocycles. The maximum absolute atomic E-state index is 13.1. The van der Waals surface area contributed by atoms with E-state index in [0.717, 1.165) is 0 Å². The molecule has 0 bridgehead atoms. The minimum Gasteiger partial charge on any atom is -0.330 e. The highest BCUT2D eigenvalue weighted by atomic mass is 79.9. The van der Waals surface area contributed by atoms with Crippen molar-refractivity contribution in [2.24, 2.45) is 5.73 Å². The van der Waals surface area contributed by atoms with E-state index in [9.17, 15) is 8.78 Å². The standard InChI is InChI=1S/C6H8BrF2N3/c7-4-3-11-12-5(4)6(8,9)1-2-10/h3H,1-2,10H2,(H,11,12). The molecule has 0 spiro atoms. The zero-order chi connectivity index (χ0) is 9.19. The van der Waals surface area contributed by atoms with Crippen LogP contribution in [0.2, 0.25) is 0 Å². The fourth-order valence-corrected chi connectivity index (χ4v) is 1.32. The highest BCUT2D eigenvalue weighted by molar-refractivity contribution is 9.10. The second-order valence-electron chi connectivity index (χ2n) is 2.34. The quantitative estimate of drug-likeness (QED) is 0.843. The van der Waals surface area contributed by atoms with E-state index in [-0.39, 0.29) is 23.1 Å². The Labute approximate surface area is 76.5 Å². The summed E-state index contributed by atoms with van der Waals surface area (Å²) in [6.07, 6.45) is 0.910. The maximum atomic E-state index is 13.1. The van der Waals surface area contributed by atoms with E-state index in [1.807, 2.05) is 0 Å². The van der Waals surface area contributed by atoms with Crippen molar-refractivity contribution in [3.8, 4) is 0 Å². The number of nitrogens with one attached hydrogen (secondary N) is 1. The second kappa shape index (κ2) is 3.49. The van der Waals surface area contributed by atoms with Crippen LogP contribution in [-0.2, 0) is 5.92 Å². The summed E-state index contributed by atoms with van der Waals surface area (Å²) in [6.45, 7) is -0.0571. The zero-order valence-corrected chi connectivity index (χ0v) is 7.74. The number of alkyl halides is 2. The fourth-order valence-electron chi connectivity index (χ4n) is 0.834. The van der Waals surface area contributed by atoms with Gasteiger partial charge in [-0.1, -0.05) is 0 Å². The number of aromatic amines is 1. The third kappa shape index (κ3) is 1.81. The summed E-state index contributed by atoms with van der Waals surface area (Å²) in [5.74, 6) is -2.93. The van der Waals surface area contributed by atoms with Crippen LogP contribution in [0.1, 0.15) is 12.1 Å². The molecule has 0 amide bonds. The van der Waals surface area contributed by atoms with E-state index in [1.165, 1.54) is 6.20 Å². The summed E-state index contributed by atoms with van der Waals surface area (Å²) in [6, 6.07) is 0. The Morgan fingerprint density at radius 2 is 2.33 bits per heavy atom. The summed E-state index contributed by atoms with van der Waals surface area (Å²) in [5.41, 5.74) is 4.83. The smallest absolute Gasteiger partial charge is 0.291 e. The lowest BCUT2D eigenvalue weighted by atomic mass is 10.2. The van der Waals surface area contributed by atoms with E-state index in [0.29, 0.717) is 0 Å². The largest absolute Gasteiger partial charge is 0.330 e. The van der Waals surface area contributed by atoms with Gasteiger partial charge >= 0.3 is 0 Å². The van der Waals surface area contributed by atoms with Crippen LogP contribution in [-0.4, -0.2) is 16.7 Å². The van der Waals surface area contributed by atoms with Crippen molar-refractivity contribution in [3.63, 3.8) is 0 Å². The van der Waals surface area contributed by atoms with Crippen LogP contribution in [0.5, 0.6) is 0 Å². The Kier molecular flexibility index (Phi) is 2.79. The van der Waals surface area contributed by atoms with Crippen LogP contribution in [0.25, 0.3) is 0 Å². The molecule has 12 heavy (non-hydrogen) atoms. The number of nitrogens with zero attached hydrogens (tertiary/aromatic N) is 1. The zero-order valence-electron chi connectivity index (χ0n) is 6.15. The molecule has 0 unspecified atom stereocenters. The minimum absolute atomic E-state index is 0.0571. The van der Waals surface area contributed by atoms with Gasteiger partial charge in [-0.2, -0.15) is 13.9 Å². The summed E-state index contributed by atoms with van der Waals surface area (Å²) >= 11 is 2.96. The van der Waals surface area contributed by atoms with Gasteiger partial charge in [0.25, 0.3) is 5.92 Å². The number of halogens is 3. The lowest BCUT2D eigenvalue weighted by molar-refractivity contribution is -0.0159. The SMILES string of the molecule is NCCC(F)(F)c1[nH]ncc1Br. The van der Waals surface area contributed by atoms with Crippen LogP contribution in [0.4, 0.5) is 8.78 Å². The molecule has 1 rings (SSSR count). The van der Waals surface area contributed by atoms with E-state index in [2.05, 4.69) is 26.1 Å². The Morgan fingerprint density at radius 3 is 2.75 bits per heavy atom. The highest BCUT2D eigenvalue weighted by Crippen LogP contribution is 2.33. The fraction of sp³-hybridized carbons (Fsp3) is 0.500. The van der Waals surface area contributed by atoms with Gasteiger partial charge in [-0.15, -0.1) is 0 Å². The Bertz CT molecular complexity index is 261. The first-order valence-electron chi connectivity index (χ1n) is 3.35. The van der Waals surface area contributed by atoms with Gasteiger partial charge in [0.15, 0.2) is 0 Å². The topological polar surface area (TPSA) is 54.7 Å². The van der Waals surface area contributed by atoms with E-state index in [4.69, 9.17) is 5.73 Å². The molecular weight excluding hydrogens is 232 g/mol. The molecule has 0 saturated carbocycles. The van der Waals surface area contributed by atoms with E-state index >= 15 is 0 Å². The maximum Gasteiger partial charge on any atom is 0.291 e. The molecule has 0 fully saturated rings. The molecule has 3 nitrogen and oxygen atoms in total. The molecule has 0 aromatic carbocycles. The number of hydrogen-bond donors (Lipinski definition) is 2. The minimum atomic E-state index is -2.93. The molecule has 68 valence electrons. The Balaban J connectivity index is 2.88. The van der Waals surface area contributed by atoms with Crippen LogP contribution >= 0.6 is 15.9 Å². The van der Waals surface area contributed by atoms with Crippen molar-refractivity contribution in [1.29, 1.82) is 0 Å². The van der Waals surface area contributed by atoms with Gasteiger partial charge in [0.05, 0.1) is 10.7 Å². The average Bonchev–Trinajstić information content (AvgIpc) is 2.35. The molecule has 0 atom stereocenters. The van der Waals surface area contributed by atoms with Gasteiger partial charge in [0, 0.05) is 6.42 Å². The second-order valence-corrected chi connectivity index (χ2v) is 3.19. The molecule has 0 radical (unpaired) electrons. The number of aromatic nitrogens is 2. The van der Waals surface area contributed by atoms with Crippen molar-refractivity contribution in [3.05, 3.63) is 16.4 Å². The molecule has 0 saturated heterocycles. The average molecular weight is 240 g/mol. The Morgan fingerprint density at radius 1 is 1.67 bits per heavy atom. The number of H-pyrrole nitrogens is 1. The predicted molar refractivity (Wildman–Crippen MR) is 43.9 cm³/mol. The summed E-state index contributed by atoms with van der Waals surface area (Å²) in [7, 11) is 0. The summed E-state index contributed by atoms with van der Waals surface area (Å²) in [4.78, 5) is 0. The molecule has 0 aliphatic carbocycles. The normalized spacial score (nSPS) is 12.0. The van der Waals surface area contributed by atoms with Gasteiger partial charge in [0.2, 0.25) is 0 Å². The first-order valence-corrected chi connectivity index (χ1v) is 4.14. The predicted octanol–water partition coefficient (Wildman–Crippen LogP) is 1.61. The summed E-state index contributed by atoms with van der Waals surface area (Å²) in [5, 5.41) is 5.71. The number of rotatable bonds is 3. The monoisotopic (exact) mass is 239 g/mol. The van der Waals surface area contributed by atoms with Gasteiger partial charge in [-0.25, -0.2) is 0 Å². The highest BCUT2D eigenvalue weighted by Gasteiger charge is 2.34. The van der Waals surface area contributed by atoms with Crippen molar-refractivity contribution in [1.82, 2.24) is 10.2 Å². The first kappa shape index (κ1) is 9.60. The molecule has 1 aromatic rings. The van der Waals surface area contributed by atoms with Gasteiger partial charge in [-0.05, 0) is 22.5 Å². The van der Waals surface area contributed by atoms with Crippen molar-refractivity contribution in [2.45, 2.75) is 12.3 Å². The lowest BCUT2D eigenvalue weighted by Gasteiger charge is -2.13. The number of nitrogens with two attached hydrogens (primary N) is 1. The molecule has 1 heterocycles. The third-order valence-electron chi connectivity index (χ3n) is 1.42. The van der Waals surface area contributed by atoms with Crippen LogP contribution in [0.3, 0.4) is 0 Å². The summed E-state index contributed by atoms with van der Waals surface area (Å²) < 4.78 is 26.4. The van der Waals surface area contributed by atoms with E-state index in [1.54, 1.807) is 0 Å². The first-order chi connectivity index (χ1) is 5.58. The molecule has 3 N–H and O–H groups in total. The number of hydrogen-bond acceptors (Lipinski definition) is 2. The van der Waals surface area contributed by atoms with Crippen LogP contribution < -0.4 is 5.73 Å². The van der Waals surface area contributed by atoms with Crippen LogP contribution in [0, 0.1) is 0 Å². The molecular formula is C6H8BrF2N3. The van der Waals surface area contributed by atoms with Crippen molar-refractivity contribution >= 4 is 15.9 Å². The van der Waals surface area contributed by atoms with Crippen molar-refractivity contribution in [2.75, 3.05) is 6.54 Å². The van der Waals surface area contributed by atoms with E-state index < -0.39 is 5.92 Å². The third-order valence-corrected chi connectivity index (χ3v) is 2.02. The van der Waals surface area contributed by atoms with Gasteiger partial charge in [0.1, 0.15) is 5.69 Å². The van der Waals surface area contributed by atoms with Crippen molar-refractivity contribution < 1.29 is 8.78 Å². The van der Waals surface area contributed by atoms with Gasteiger partial charge in [-0.3, -0.25) is 5.10 Å².